The van der Waals surface area contributed by atoms with Crippen molar-refractivity contribution in [2.24, 2.45) is 16.8 Å². The van der Waals surface area contributed by atoms with E-state index in [9.17, 15) is 0 Å². The Kier molecular flexibility index (Phi) is 5.85. The molecule has 0 bridgehead atoms. The lowest BCUT2D eigenvalue weighted by molar-refractivity contribution is 0.318. The highest BCUT2D eigenvalue weighted by Crippen LogP contribution is 2.28. The normalized spacial score (nSPS) is 11.9. The first-order chi connectivity index (χ1) is 8.58. The summed E-state index contributed by atoms with van der Waals surface area (Å²) >= 11 is 1.70. The van der Waals surface area contributed by atoms with Gasteiger partial charge in [0, 0.05) is 10.5 Å². The average molecular weight is 268 g/mol. The molecular formula is C13H20N2O2S. The molecule has 0 aliphatic carbocycles. The fraction of sp³-hybridized carbons (Fsp3) is 0.462. The van der Waals surface area contributed by atoms with E-state index in [1.54, 1.807) is 24.9 Å². The number of thioether (sulfide) groups is 1. The van der Waals surface area contributed by atoms with Crippen LogP contribution >= 0.6 is 11.8 Å². The molecule has 1 rings (SSSR count). The zero-order valence-corrected chi connectivity index (χ0v) is 11.8. The Labute approximate surface area is 112 Å². The molecule has 3 N–H and O–H groups in total. The molecule has 0 atom stereocenters. The summed E-state index contributed by atoms with van der Waals surface area (Å²) in [5, 5.41) is 11.8. The number of hydrogen-bond acceptors (Lipinski definition) is 4. The van der Waals surface area contributed by atoms with Crippen molar-refractivity contribution in [2.75, 3.05) is 12.9 Å². The molecule has 0 aliphatic rings. The summed E-state index contributed by atoms with van der Waals surface area (Å²) < 4.78 is 5.19. The van der Waals surface area contributed by atoms with Crippen molar-refractivity contribution in [2.45, 2.75) is 25.2 Å². The minimum Gasteiger partial charge on any atom is -0.497 e. The zero-order chi connectivity index (χ0) is 13.5. The third-order valence-electron chi connectivity index (χ3n) is 2.53. The maximum absolute atomic E-state index is 8.78. The van der Waals surface area contributed by atoms with E-state index in [4.69, 9.17) is 15.7 Å². The summed E-state index contributed by atoms with van der Waals surface area (Å²) in [7, 11) is 1.63. The molecule has 0 radical (unpaired) electrons. The van der Waals surface area contributed by atoms with Crippen LogP contribution in [0, 0.1) is 5.92 Å². The first-order valence-electron chi connectivity index (χ1n) is 5.87. The van der Waals surface area contributed by atoms with Gasteiger partial charge in [0.05, 0.1) is 7.11 Å². The van der Waals surface area contributed by atoms with Crippen LogP contribution < -0.4 is 10.5 Å². The molecule has 0 amide bonds. The Morgan fingerprint density at radius 1 is 1.50 bits per heavy atom. The summed E-state index contributed by atoms with van der Waals surface area (Å²) in [6, 6.07) is 5.53. The highest BCUT2D eigenvalue weighted by molar-refractivity contribution is 7.99. The summed E-state index contributed by atoms with van der Waals surface area (Å²) in [4.78, 5) is 0.977. The summed E-state index contributed by atoms with van der Waals surface area (Å²) in [6.07, 6.45) is 1.12. The van der Waals surface area contributed by atoms with Crippen molar-refractivity contribution in [1.29, 1.82) is 0 Å². The molecule has 0 fully saturated rings. The second-order valence-corrected chi connectivity index (χ2v) is 5.52. The third kappa shape index (κ3) is 4.14. The second kappa shape index (κ2) is 7.16. The Morgan fingerprint density at radius 3 is 2.78 bits per heavy atom. The predicted octanol–water partition coefficient (Wildman–Crippen LogP) is 2.93. The van der Waals surface area contributed by atoms with E-state index < -0.39 is 0 Å². The lowest BCUT2D eigenvalue weighted by atomic mass is 10.2. The van der Waals surface area contributed by atoms with Crippen molar-refractivity contribution in [1.82, 2.24) is 0 Å². The van der Waals surface area contributed by atoms with Crippen molar-refractivity contribution >= 4 is 17.6 Å². The molecule has 1 aromatic carbocycles. The second-order valence-electron chi connectivity index (χ2n) is 4.38. The Hall–Kier alpha value is -1.36. The van der Waals surface area contributed by atoms with Gasteiger partial charge in [-0.2, -0.15) is 0 Å². The average Bonchev–Trinajstić information content (AvgIpc) is 2.37. The predicted molar refractivity (Wildman–Crippen MR) is 75.7 cm³/mol. The number of hydrogen-bond donors (Lipinski definition) is 2. The highest BCUT2D eigenvalue weighted by atomic mass is 32.2. The zero-order valence-electron chi connectivity index (χ0n) is 11.0. The van der Waals surface area contributed by atoms with Crippen molar-refractivity contribution < 1.29 is 9.94 Å². The van der Waals surface area contributed by atoms with Crippen LogP contribution in [0.25, 0.3) is 0 Å². The Bertz CT molecular complexity index is 419. The first kappa shape index (κ1) is 14.7. The number of oxime groups is 1. The third-order valence-corrected chi connectivity index (χ3v) is 3.61. The van der Waals surface area contributed by atoms with Crippen LogP contribution in [0.4, 0.5) is 0 Å². The van der Waals surface area contributed by atoms with Gasteiger partial charge in [0.1, 0.15) is 5.75 Å². The molecule has 0 heterocycles. The summed E-state index contributed by atoms with van der Waals surface area (Å²) in [6.45, 7) is 4.38. The van der Waals surface area contributed by atoms with E-state index in [2.05, 4.69) is 19.0 Å². The standard InChI is InChI=1S/C13H20N2O2S/c1-9(2)6-7-18-12-8-10(17-3)4-5-11(12)13(14)15-16/h4-5,8-9,16H,6-7H2,1-3H3,(H2,14,15). The Balaban J connectivity index is 2.90. The van der Waals surface area contributed by atoms with E-state index >= 15 is 0 Å². The van der Waals surface area contributed by atoms with Crippen LogP contribution in [0.15, 0.2) is 28.3 Å². The molecule has 4 nitrogen and oxygen atoms in total. The van der Waals surface area contributed by atoms with Gasteiger partial charge in [0.25, 0.3) is 0 Å². The van der Waals surface area contributed by atoms with Crippen molar-refractivity contribution in [3.63, 3.8) is 0 Å². The molecule has 0 unspecified atom stereocenters. The lowest BCUT2D eigenvalue weighted by Gasteiger charge is -2.11. The van der Waals surface area contributed by atoms with Crippen LogP contribution in [0.3, 0.4) is 0 Å². The van der Waals surface area contributed by atoms with Gasteiger partial charge in [0.15, 0.2) is 5.84 Å². The molecule has 0 aromatic heterocycles. The van der Waals surface area contributed by atoms with E-state index in [0.717, 1.165) is 28.4 Å². The van der Waals surface area contributed by atoms with Gasteiger partial charge >= 0.3 is 0 Å². The molecule has 5 heteroatoms. The molecule has 100 valence electrons. The van der Waals surface area contributed by atoms with Gasteiger partial charge < -0.3 is 15.7 Å². The fourth-order valence-corrected chi connectivity index (χ4v) is 2.76. The fourth-order valence-electron chi connectivity index (χ4n) is 1.42. The molecular weight excluding hydrogens is 248 g/mol. The number of ether oxygens (including phenoxy) is 1. The van der Waals surface area contributed by atoms with Crippen LogP contribution in [0.2, 0.25) is 0 Å². The number of methoxy groups -OCH3 is 1. The number of rotatable bonds is 6. The highest BCUT2D eigenvalue weighted by Gasteiger charge is 2.09. The number of nitrogens with zero attached hydrogens (tertiary/aromatic N) is 1. The lowest BCUT2D eigenvalue weighted by Crippen LogP contribution is -2.14. The summed E-state index contributed by atoms with van der Waals surface area (Å²) in [5.74, 6) is 2.56. The van der Waals surface area contributed by atoms with Crippen LogP contribution in [-0.4, -0.2) is 23.9 Å². The molecule has 18 heavy (non-hydrogen) atoms. The molecule has 0 saturated heterocycles. The van der Waals surface area contributed by atoms with Crippen LogP contribution in [0.1, 0.15) is 25.8 Å². The van der Waals surface area contributed by atoms with Gasteiger partial charge in [-0.05, 0) is 36.3 Å². The van der Waals surface area contributed by atoms with Gasteiger partial charge in [-0.3, -0.25) is 0 Å². The summed E-state index contributed by atoms with van der Waals surface area (Å²) in [5.41, 5.74) is 6.41. The largest absolute Gasteiger partial charge is 0.497 e. The SMILES string of the molecule is COc1ccc(/C(N)=N/O)c(SCCC(C)C)c1. The maximum Gasteiger partial charge on any atom is 0.171 e. The van der Waals surface area contributed by atoms with Gasteiger partial charge in [-0.15, -0.1) is 11.8 Å². The monoisotopic (exact) mass is 268 g/mol. The first-order valence-corrected chi connectivity index (χ1v) is 6.85. The van der Waals surface area contributed by atoms with Gasteiger partial charge in [-0.25, -0.2) is 0 Å². The van der Waals surface area contributed by atoms with E-state index in [0.29, 0.717) is 5.92 Å². The number of nitrogens with two attached hydrogens (primary N) is 1. The smallest absolute Gasteiger partial charge is 0.171 e. The Morgan fingerprint density at radius 2 is 2.22 bits per heavy atom. The minimum atomic E-state index is 0.129. The molecule has 0 saturated carbocycles. The quantitative estimate of drug-likeness (QED) is 0.274. The van der Waals surface area contributed by atoms with Crippen LogP contribution in [0.5, 0.6) is 5.75 Å². The van der Waals surface area contributed by atoms with E-state index in [1.807, 2.05) is 12.1 Å². The molecule has 0 aliphatic heterocycles. The number of benzene rings is 1. The van der Waals surface area contributed by atoms with E-state index in [-0.39, 0.29) is 5.84 Å². The van der Waals surface area contributed by atoms with Gasteiger partial charge in [0.2, 0.25) is 0 Å². The maximum atomic E-state index is 8.78. The van der Waals surface area contributed by atoms with Gasteiger partial charge in [-0.1, -0.05) is 19.0 Å². The van der Waals surface area contributed by atoms with E-state index in [1.165, 1.54) is 0 Å². The van der Waals surface area contributed by atoms with Crippen molar-refractivity contribution in [3.05, 3.63) is 23.8 Å². The van der Waals surface area contributed by atoms with Crippen LogP contribution in [-0.2, 0) is 0 Å². The molecule has 1 aromatic rings. The minimum absolute atomic E-state index is 0.129. The topological polar surface area (TPSA) is 67.8 Å². The number of amidine groups is 1. The molecule has 0 spiro atoms. The van der Waals surface area contributed by atoms with Crippen molar-refractivity contribution in [3.8, 4) is 5.75 Å².